The summed E-state index contributed by atoms with van der Waals surface area (Å²) in [6.07, 6.45) is 0. The molecule has 5 nitrogen and oxygen atoms in total. The van der Waals surface area contributed by atoms with Crippen LogP contribution in [0.4, 0.5) is 5.69 Å². The van der Waals surface area contributed by atoms with E-state index in [0.29, 0.717) is 11.3 Å². The van der Waals surface area contributed by atoms with Crippen LogP contribution in [-0.2, 0) is 0 Å². The van der Waals surface area contributed by atoms with Crippen molar-refractivity contribution in [3.05, 3.63) is 38.9 Å². The SMILES string of the molecule is Cc1ccc(N)c(-c2n[nH]c(=S)[nH]c2=O)c1. The standard InChI is InChI=1S/C10H10N4OS/c1-5-2-3-7(11)6(4-5)8-9(15)12-10(16)14-13-8/h2-4H,11H2,1H3,(H2,12,14,15,16). The summed E-state index contributed by atoms with van der Waals surface area (Å²) in [6, 6.07) is 5.43. The Kier molecular flexibility index (Phi) is 2.57. The minimum Gasteiger partial charge on any atom is -0.398 e. The highest BCUT2D eigenvalue weighted by Gasteiger charge is 2.08. The van der Waals surface area contributed by atoms with Crippen LogP contribution in [0.3, 0.4) is 0 Å². The second kappa shape index (κ2) is 3.90. The van der Waals surface area contributed by atoms with Crippen molar-refractivity contribution < 1.29 is 0 Å². The van der Waals surface area contributed by atoms with Gasteiger partial charge in [0.15, 0.2) is 10.5 Å². The fraction of sp³-hybridized carbons (Fsp3) is 0.100. The van der Waals surface area contributed by atoms with Crippen molar-refractivity contribution >= 4 is 17.9 Å². The third-order valence-electron chi connectivity index (χ3n) is 2.18. The van der Waals surface area contributed by atoms with E-state index >= 15 is 0 Å². The van der Waals surface area contributed by atoms with Gasteiger partial charge in [-0.15, -0.1) is 0 Å². The average molecular weight is 234 g/mol. The normalized spacial score (nSPS) is 10.3. The maximum absolute atomic E-state index is 11.6. The molecule has 1 aromatic heterocycles. The van der Waals surface area contributed by atoms with Gasteiger partial charge in [-0.3, -0.25) is 14.9 Å². The molecule has 0 saturated heterocycles. The minimum atomic E-state index is -0.346. The van der Waals surface area contributed by atoms with Gasteiger partial charge in [-0.05, 0) is 31.3 Å². The van der Waals surface area contributed by atoms with Crippen LogP contribution in [0.1, 0.15) is 5.56 Å². The van der Waals surface area contributed by atoms with Crippen molar-refractivity contribution in [3.63, 3.8) is 0 Å². The van der Waals surface area contributed by atoms with E-state index in [9.17, 15) is 4.79 Å². The van der Waals surface area contributed by atoms with Crippen LogP contribution in [0.2, 0.25) is 0 Å². The number of aryl methyl sites for hydroxylation is 1. The molecule has 82 valence electrons. The summed E-state index contributed by atoms with van der Waals surface area (Å²) in [5, 5.41) is 6.44. The van der Waals surface area contributed by atoms with Crippen LogP contribution in [0.5, 0.6) is 0 Å². The lowest BCUT2D eigenvalue weighted by Gasteiger charge is -2.04. The van der Waals surface area contributed by atoms with Crippen LogP contribution in [-0.4, -0.2) is 15.2 Å². The zero-order chi connectivity index (χ0) is 11.7. The van der Waals surface area contributed by atoms with E-state index in [4.69, 9.17) is 18.0 Å². The molecule has 1 heterocycles. The number of nitrogen functional groups attached to an aromatic ring is 1. The minimum absolute atomic E-state index is 0.194. The number of benzene rings is 1. The molecule has 0 spiro atoms. The molecule has 16 heavy (non-hydrogen) atoms. The Morgan fingerprint density at radius 1 is 1.44 bits per heavy atom. The molecule has 0 unspecified atom stereocenters. The van der Waals surface area contributed by atoms with Gasteiger partial charge in [0.2, 0.25) is 0 Å². The van der Waals surface area contributed by atoms with Gasteiger partial charge >= 0.3 is 0 Å². The molecule has 2 rings (SSSR count). The fourth-order valence-electron chi connectivity index (χ4n) is 1.41. The maximum atomic E-state index is 11.6. The van der Waals surface area contributed by atoms with Gasteiger partial charge in [0.1, 0.15) is 0 Å². The van der Waals surface area contributed by atoms with Crippen molar-refractivity contribution in [1.29, 1.82) is 0 Å². The number of anilines is 1. The van der Waals surface area contributed by atoms with E-state index in [0.717, 1.165) is 5.56 Å². The highest BCUT2D eigenvalue weighted by atomic mass is 32.1. The van der Waals surface area contributed by atoms with E-state index < -0.39 is 0 Å². The smallest absolute Gasteiger partial charge is 0.278 e. The number of nitrogens with two attached hydrogens (primary N) is 1. The summed E-state index contributed by atoms with van der Waals surface area (Å²) >= 11 is 4.76. The van der Waals surface area contributed by atoms with Crippen molar-refractivity contribution in [1.82, 2.24) is 15.2 Å². The molecular weight excluding hydrogens is 224 g/mol. The molecule has 0 atom stereocenters. The van der Waals surface area contributed by atoms with E-state index in [-0.39, 0.29) is 16.0 Å². The Bertz CT molecular complexity index is 644. The summed E-state index contributed by atoms with van der Waals surface area (Å²) in [6.45, 7) is 1.92. The number of hydrogen-bond acceptors (Lipinski definition) is 4. The number of nitrogens with one attached hydrogen (secondary N) is 2. The van der Waals surface area contributed by atoms with Crippen LogP contribution in [0, 0.1) is 11.7 Å². The molecule has 1 aromatic carbocycles. The predicted octanol–water partition coefficient (Wildman–Crippen LogP) is 1.39. The van der Waals surface area contributed by atoms with Crippen molar-refractivity contribution in [2.24, 2.45) is 0 Å². The first-order valence-electron chi connectivity index (χ1n) is 4.63. The van der Waals surface area contributed by atoms with E-state index in [1.165, 1.54) is 0 Å². The maximum Gasteiger partial charge on any atom is 0.278 e. The number of H-pyrrole nitrogens is 2. The first-order valence-corrected chi connectivity index (χ1v) is 5.04. The summed E-state index contributed by atoms with van der Waals surface area (Å²) in [7, 11) is 0. The van der Waals surface area contributed by atoms with E-state index in [1.54, 1.807) is 6.07 Å². The lowest BCUT2D eigenvalue weighted by Crippen LogP contribution is -2.13. The van der Waals surface area contributed by atoms with E-state index in [1.807, 2.05) is 19.1 Å². The molecule has 0 aliphatic heterocycles. The summed E-state index contributed by atoms with van der Waals surface area (Å²) in [4.78, 5) is 14.1. The lowest BCUT2D eigenvalue weighted by molar-refractivity contribution is 0.932. The van der Waals surface area contributed by atoms with Gasteiger partial charge in [-0.2, -0.15) is 5.10 Å². The van der Waals surface area contributed by atoms with Crippen molar-refractivity contribution in [2.45, 2.75) is 6.92 Å². The summed E-state index contributed by atoms with van der Waals surface area (Å²) in [5.74, 6) is 0. The fourth-order valence-corrected chi connectivity index (χ4v) is 1.54. The highest BCUT2D eigenvalue weighted by Crippen LogP contribution is 2.21. The molecule has 0 saturated carbocycles. The largest absolute Gasteiger partial charge is 0.398 e. The molecule has 6 heteroatoms. The molecule has 0 bridgehead atoms. The molecule has 0 aliphatic carbocycles. The van der Waals surface area contributed by atoms with Crippen LogP contribution >= 0.6 is 12.2 Å². The zero-order valence-corrected chi connectivity index (χ0v) is 9.39. The Labute approximate surface area is 96.3 Å². The van der Waals surface area contributed by atoms with Crippen LogP contribution in [0.25, 0.3) is 11.3 Å². The van der Waals surface area contributed by atoms with Gasteiger partial charge in [0.25, 0.3) is 5.56 Å². The van der Waals surface area contributed by atoms with Crippen molar-refractivity contribution in [3.8, 4) is 11.3 Å². The van der Waals surface area contributed by atoms with Gasteiger partial charge in [0.05, 0.1) is 0 Å². The average Bonchev–Trinajstić information content (AvgIpc) is 2.22. The molecule has 0 aliphatic rings. The van der Waals surface area contributed by atoms with Gasteiger partial charge in [-0.1, -0.05) is 11.6 Å². The van der Waals surface area contributed by atoms with Crippen molar-refractivity contribution in [2.75, 3.05) is 5.73 Å². The molecular formula is C10H10N4OS. The third kappa shape index (κ3) is 1.87. The number of aromatic amines is 2. The van der Waals surface area contributed by atoms with Gasteiger partial charge in [-0.25, -0.2) is 0 Å². The summed E-state index contributed by atoms with van der Waals surface area (Å²) < 4.78 is 0.194. The zero-order valence-electron chi connectivity index (χ0n) is 8.57. The molecule has 0 radical (unpaired) electrons. The number of aromatic nitrogens is 3. The Morgan fingerprint density at radius 3 is 2.88 bits per heavy atom. The predicted molar refractivity (Wildman–Crippen MR) is 64.6 cm³/mol. The second-order valence-electron chi connectivity index (χ2n) is 3.45. The highest BCUT2D eigenvalue weighted by molar-refractivity contribution is 7.71. The van der Waals surface area contributed by atoms with E-state index in [2.05, 4.69) is 15.2 Å². The van der Waals surface area contributed by atoms with Crippen LogP contribution < -0.4 is 11.3 Å². The quantitative estimate of drug-likeness (QED) is 0.514. The molecule has 0 fully saturated rings. The second-order valence-corrected chi connectivity index (χ2v) is 3.85. The Hall–Kier alpha value is -1.95. The molecule has 0 amide bonds. The Balaban J connectivity index is 2.72. The van der Waals surface area contributed by atoms with Gasteiger partial charge < -0.3 is 5.73 Å². The topological polar surface area (TPSA) is 87.6 Å². The monoisotopic (exact) mass is 234 g/mol. The lowest BCUT2D eigenvalue weighted by atomic mass is 10.1. The summed E-state index contributed by atoms with van der Waals surface area (Å²) in [5.41, 5.74) is 7.81. The number of hydrogen-bond donors (Lipinski definition) is 3. The van der Waals surface area contributed by atoms with Gasteiger partial charge in [0, 0.05) is 11.3 Å². The van der Waals surface area contributed by atoms with Crippen LogP contribution in [0.15, 0.2) is 23.0 Å². The Morgan fingerprint density at radius 2 is 2.19 bits per heavy atom. The molecule has 4 N–H and O–H groups in total. The first kappa shape index (κ1) is 10.6. The number of nitrogens with zero attached hydrogens (tertiary/aromatic N) is 1. The third-order valence-corrected chi connectivity index (χ3v) is 2.37. The number of rotatable bonds is 1. The first-order chi connectivity index (χ1) is 7.58. The molecule has 2 aromatic rings.